The fourth-order valence-corrected chi connectivity index (χ4v) is 3.63. The minimum atomic E-state index is 0.645. The Hall–Kier alpha value is -0.0800. The van der Waals surface area contributed by atoms with Crippen LogP contribution in [0.5, 0.6) is 0 Å². The van der Waals surface area contributed by atoms with Crippen molar-refractivity contribution in [2.45, 2.75) is 52.4 Å². The van der Waals surface area contributed by atoms with Gasteiger partial charge >= 0.3 is 0 Å². The second-order valence-electron chi connectivity index (χ2n) is 6.61. The van der Waals surface area contributed by atoms with Gasteiger partial charge in [-0.2, -0.15) is 0 Å². The highest BCUT2D eigenvalue weighted by atomic mass is 15.2. The summed E-state index contributed by atoms with van der Waals surface area (Å²) in [6.07, 6.45) is 8.52. The van der Waals surface area contributed by atoms with E-state index in [0.29, 0.717) is 5.41 Å². The van der Waals surface area contributed by atoms with Crippen molar-refractivity contribution in [2.24, 2.45) is 11.3 Å². The summed E-state index contributed by atoms with van der Waals surface area (Å²) >= 11 is 0. The van der Waals surface area contributed by atoms with Crippen LogP contribution in [-0.2, 0) is 0 Å². The third-order valence-electron chi connectivity index (χ3n) is 4.65. The predicted molar refractivity (Wildman–Crippen MR) is 74.3 cm³/mol. The quantitative estimate of drug-likeness (QED) is 0.716. The maximum Gasteiger partial charge on any atom is 0.00354 e. The van der Waals surface area contributed by atoms with Crippen LogP contribution < -0.4 is 5.32 Å². The van der Waals surface area contributed by atoms with Crippen LogP contribution >= 0.6 is 0 Å². The molecule has 1 unspecified atom stereocenters. The van der Waals surface area contributed by atoms with Gasteiger partial charge in [0, 0.05) is 13.1 Å². The lowest BCUT2D eigenvalue weighted by Crippen LogP contribution is -2.34. The van der Waals surface area contributed by atoms with E-state index in [1.54, 1.807) is 0 Å². The Morgan fingerprint density at radius 3 is 2.76 bits per heavy atom. The van der Waals surface area contributed by atoms with Crippen molar-refractivity contribution in [3.8, 4) is 0 Å². The lowest BCUT2D eigenvalue weighted by Gasteiger charge is -2.29. The molecule has 2 rings (SSSR count). The number of nitrogens with one attached hydrogen (secondary N) is 1. The molecule has 2 aliphatic rings. The Labute approximate surface area is 107 Å². The first-order chi connectivity index (χ1) is 8.22. The standard InChI is InChI=1S/C15H30N2/c1-3-9-16-11-14-6-10-17(12-14)13-15(2)7-4-5-8-15/h14,16H,3-13H2,1-2H3. The van der Waals surface area contributed by atoms with E-state index in [4.69, 9.17) is 0 Å². The van der Waals surface area contributed by atoms with Gasteiger partial charge in [0.15, 0.2) is 0 Å². The lowest BCUT2D eigenvalue weighted by atomic mass is 9.88. The van der Waals surface area contributed by atoms with Crippen LogP contribution in [-0.4, -0.2) is 37.6 Å². The molecule has 0 aromatic heterocycles. The molecule has 0 aromatic rings. The molecule has 2 nitrogen and oxygen atoms in total. The molecule has 1 N–H and O–H groups in total. The molecule has 1 heterocycles. The van der Waals surface area contributed by atoms with Crippen LogP contribution in [0.25, 0.3) is 0 Å². The SMILES string of the molecule is CCCNCC1CCN(CC2(C)CCCC2)C1. The summed E-state index contributed by atoms with van der Waals surface area (Å²) < 4.78 is 0. The molecular weight excluding hydrogens is 208 g/mol. The second kappa shape index (κ2) is 6.19. The topological polar surface area (TPSA) is 15.3 Å². The van der Waals surface area contributed by atoms with Crippen molar-refractivity contribution in [3.05, 3.63) is 0 Å². The lowest BCUT2D eigenvalue weighted by molar-refractivity contribution is 0.191. The fraction of sp³-hybridized carbons (Fsp3) is 1.00. The third-order valence-corrected chi connectivity index (χ3v) is 4.65. The van der Waals surface area contributed by atoms with E-state index in [1.165, 1.54) is 71.2 Å². The Morgan fingerprint density at radius 1 is 1.29 bits per heavy atom. The second-order valence-corrected chi connectivity index (χ2v) is 6.61. The van der Waals surface area contributed by atoms with Gasteiger partial charge in [0.25, 0.3) is 0 Å². The van der Waals surface area contributed by atoms with E-state index in [9.17, 15) is 0 Å². The molecule has 0 radical (unpaired) electrons. The molecule has 1 saturated carbocycles. The normalized spacial score (nSPS) is 28.9. The van der Waals surface area contributed by atoms with E-state index in [0.717, 1.165) is 5.92 Å². The zero-order chi connectivity index (χ0) is 12.1. The van der Waals surface area contributed by atoms with E-state index in [-0.39, 0.29) is 0 Å². The van der Waals surface area contributed by atoms with E-state index >= 15 is 0 Å². The number of likely N-dealkylation sites (tertiary alicyclic amines) is 1. The van der Waals surface area contributed by atoms with E-state index < -0.39 is 0 Å². The summed E-state index contributed by atoms with van der Waals surface area (Å²) in [5.74, 6) is 0.909. The predicted octanol–water partition coefficient (Wildman–Crippen LogP) is 2.89. The zero-order valence-corrected chi connectivity index (χ0v) is 11.8. The van der Waals surface area contributed by atoms with Crippen molar-refractivity contribution in [1.82, 2.24) is 10.2 Å². The number of hydrogen-bond donors (Lipinski definition) is 1. The fourth-order valence-electron chi connectivity index (χ4n) is 3.63. The highest BCUT2D eigenvalue weighted by Gasteiger charge is 2.33. The Morgan fingerprint density at radius 2 is 2.06 bits per heavy atom. The molecule has 2 heteroatoms. The van der Waals surface area contributed by atoms with Gasteiger partial charge in [-0.1, -0.05) is 26.7 Å². The molecular formula is C15H30N2. The summed E-state index contributed by atoms with van der Waals surface area (Å²) in [6.45, 7) is 11.2. The smallest absolute Gasteiger partial charge is 0.00354 e. The average molecular weight is 238 g/mol. The first-order valence-electron chi connectivity index (χ1n) is 7.65. The van der Waals surface area contributed by atoms with Gasteiger partial charge in [-0.25, -0.2) is 0 Å². The van der Waals surface area contributed by atoms with Crippen LogP contribution in [0.1, 0.15) is 52.4 Å². The minimum Gasteiger partial charge on any atom is -0.316 e. The number of hydrogen-bond acceptors (Lipinski definition) is 2. The molecule has 2 fully saturated rings. The van der Waals surface area contributed by atoms with Gasteiger partial charge < -0.3 is 10.2 Å². The first-order valence-corrected chi connectivity index (χ1v) is 7.65. The van der Waals surface area contributed by atoms with Crippen molar-refractivity contribution in [2.75, 3.05) is 32.7 Å². The molecule has 1 aliphatic heterocycles. The largest absolute Gasteiger partial charge is 0.316 e. The van der Waals surface area contributed by atoms with Crippen LogP contribution in [0.4, 0.5) is 0 Å². The molecule has 0 spiro atoms. The Balaban J connectivity index is 1.67. The monoisotopic (exact) mass is 238 g/mol. The highest BCUT2D eigenvalue weighted by molar-refractivity contribution is 4.87. The van der Waals surface area contributed by atoms with Crippen molar-refractivity contribution >= 4 is 0 Å². The van der Waals surface area contributed by atoms with Gasteiger partial charge in [-0.3, -0.25) is 0 Å². The van der Waals surface area contributed by atoms with Gasteiger partial charge in [-0.05, 0) is 56.7 Å². The Bertz CT molecular complexity index is 221. The van der Waals surface area contributed by atoms with Crippen LogP contribution in [0, 0.1) is 11.3 Å². The van der Waals surface area contributed by atoms with E-state index in [2.05, 4.69) is 24.1 Å². The summed E-state index contributed by atoms with van der Waals surface area (Å²) in [6, 6.07) is 0. The van der Waals surface area contributed by atoms with Crippen molar-refractivity contribution in [1.29, 1.82) is 0 Å². The molecule has 1 saturated heterocycles. The van der Waals surface area contributed by atoms with Gasteiger partial charge in [0.1, 0.15) is 0 Å². The number of rotatable bonds is 6. The molecule has 100 valence electrons. The third kappa shape index (κ3) is 3.96. The number of nitrogens with zero attached hydrogens (tertiary/aromatic N) is 1. The molecule has 1 atom stereocenters. The molecule has 0 aromatic carbocycles. The summed E-state index contributed by atoms with van der Waals surface area (Å²) in [7, 11) is 0. The maximum absolute atomic E-state index is 3.57. The average Bonchev–Trinajstić information content (AvgIpc) is 2.89. The van der Waals surface area contributed by atoms with Crippen LogP contribution in [0.3, 0.4) is 0 Å². The highest BCUT2D eigenvalue weighted by Crippen LogP contribution is 2.38. The first kappa shape index (κ1) is 13.4. The molecule has 0 bridgehead atoms. The van der Waals surface area contributed by atoms with Gasteiger partial charge in [-0.15, -0.1) is 0 Å². The molecule has 0 amide bonds. The van der Waals surface area contributed by atoms with E-state index in [1.807, 2.05) is 0 Å². The molecule has 17 heavy (non-hydrogen) atoms. The summed E-state index contributed by atoms with van der Waals surface area (Å²) in [5, 5.41) is 3.57. The van der Waals surface area contributed by atoms with Gasteiger partial charge in [0.05, 0.1) is 0 Å². The minimum absolute atomic E-state index is 0.645. The molecule has 1 aliphatic carbocycles. The van der Waals surface area contributed by atoms with Gasteiger partial charge in [0.2, 0.25) is 0 Å². The van der Waals surface area contributed by atoms with Crippen LogP contribution in [0.15, 0.2) is 0 Å². The zero-order valence-electron chi connectivity index (χ0n) is 11.8. The van der Waals surface area contributed by atoms with Crippen molar-refractivity contribution in [3.63, 3.8) is 0 Å². The Kier molecular flexibility index (Phi) is 4.87. The van der Waals surface area contributed by atoms with Crippen LogP contribution in [0.2, 0.25) is 0 Å². The summed E-state index contributed by atoms with van der Waals surface area (Å²) in [4.78, 5) is 2.73. The summed E-state index contributed by atoms with van der Waals surface area (Å²) in [5.41, 5.74) is 0.645. The maximum atomic E-state index is 3.57. The van der Waals surface area contributed by atoms with Crippen molar-refractivity contribution < 1.29 is 0 Å².